The Morgan fingerprint density at radius 3 is 2.46 bits per heavy atom. The van der Waals surface area contributed by atoms with Gasteiger partial charge in [-0.05, 0) is 48.0 Å². The summed E-state index contributed by atoms with van der Waals surface area (Å²) in [4.78, 5) is 20.2. The van der Waals surface area contributed by atoms with Gasteiger partial charge in [0.2, 0.25) is 5.90 Å². The highest BCUT2D eigenvalue weighted by atomic mass is 19.3. The molecule has 2 heterocycles. The summed E-state index contributed by atoms with van der Waals surface area (Å²) in [6, 6.07) is 12.9. The average molecular weight is 382 g/mol. The van der Waals surface area contributed by atoms with Crippen LogP contribution in [0.5, 0.6) is 5.75 Å². The van der Waals surface area contributed by atoms with Crippen LogP contribution in [0.2, 0.25) is 0 Å². The minimum Gasteiger partial charge on any atom is -0.435 e. The second kappa shape index (κ2) is 7.39. The number of alkyl halides is 2. The van der Waals surface area contributed by atoms with Crippen LogP contribution in [-0.4, -0.2) is 33.2 Å². The third-order valence-corrected chi connectivity index (χ3v) is 3.83. The molecule has 0 unspecified atom stereocenters. The standard InChI is InChI=1S/C19H12F2N4O3/c20-19(21)27-15-7-3-13(4-8-15)17-24-16(18(26)28-17)9-12-1-5-14(6-2-12)25-11-22-10-23-25/h1-11,19H/b16-9+. The first kappa shape index (κ1) is 17.5. The molecular weight excluding hydrogens is 370 g/mol. The van der Waals surface area contributed by atoms with E-state index in [1.807, 2.05) is 12.1 Å². The van der Waals surface area contributed by atoms with E-state index in [1.165, 1.54) is 30.6 Å². The van der Waals surface area contributed by atoms with Crippen molar-refractivity contribution in [2.75, 3.05) is 0 Å². The normalized spacial score (nSPS) is 15.0. The summed E-state index contributed by atoms with van der Waals surface area (Å²) in [6.07, 6.45) is 4.61. The Hall–Kier alpha value is -3.88. The molecule has 1 aromatic heterocycles. The van der Waals surface area contributed by atoms with Gasteiger partial charge < -0.3 is 9.47 Å². The van der Waals surface area contributed by atoms with E-state index in [4.69, 9.17) is 4.74 Å². The highest BCUT2D eigenvalue weighted by molar-refractivity contribution is 6.12. The van der Waals surface area contributed by atoms with E-state index >= 15 is 0 Å². The van der Waals surface area contributed by atoms with E-state index in [9.17, 15) is 13.6 Å². The Balaban J connectivity index is 1.53. The highest BCUT2D eigenvalue weighted by Gasteiger charge is 2.24. The lowest BCUT2D eigenvalue weighted by Crippen LogP contribution is -2.06. The maximum atomic E-state index is 12.2. The van der Waals surface area contributed by atoms with Crippen LogP contribution in [0.15, 0.2) is 71.9 Å². The first-order valence-electron chi connectivity index (χ1n) is 8.11. The van der Waals surface area contributed by atoms with E-state index in [1.54, 1.807) is 29.2 Å². The molecule has 1 aliphatic rings. The van der Waals surface area contributed by atoms with Crippen LogP contribution >= 0.6 is 0 Å². The molecule has 9 heteroatoms. The monoisotopic (exact) mass is 382 g/mol. The summed E-state index contributed by atoms with van der Waals surface area (Å²) < 4.78 is 35.5. The molecule has 4 rings (SSSR count). The Morgan fingerprint density at radius 2 is 1.82 bits per heavy atom. The van der Waals surface area contributed by atoms with Crippen LogP contribution in [-0.2, 0) is 9.53 Å². The summed E-state index contributed by atoms with van der Waals surface area (Å²) >= 11 is 0. The Labute approximate surface area is 157 Å². The fourth-order valence-corrected chi connectivity index (χ4v) is 2.53. The maximum Gasteiger partial charge on any atom is 0.387 e. The van der Waals surface area contributed by atoms with Crippen molar-refractivity contribution in [3.8, 4) is 11.4 Å². The van der Waals surface area contributed by atoms with Crippen molar-refractivity contribution < 1.29 is 23.0 Å². The maximum absolute atomic E-state index is 12.2. The van der Waals surface area contributed by atoms with Crippen LogP contribution in [0.1, 0.15) is 11.1 Å². The second-order valence-electron chi connectivity index (χ2n) is 5.67. The molecule has 0 saturated heterocycles. The van der Waals surface area contributed by atoms with Gasteiger partial charge in [0, 0.05) is 5.56 Å². The molecule has 0 atom stereocenters. The molecular formula is C19H12F2N4O3. The first-order chi connectivity index (χ1) is 13.6. The first-order valence-corrected chi connectivity index (χ1v) is 8.11. The molecule has 0 aliphatic carbocycles. The van der Waals surface area contributed by atoms with Gasteiger partial charge in [-0.2, -0.15) is 13.9 Å². The molecule has 0 bridgehead atoms. The van der Waals surface area contributed by atoms with Gasteiger partial charge in [-0.25, -0.2) is 19.5 Å². The minimum absolute atomic E-state index is 0.00640. The van der Waals surface area contributed by atoms with Crippen LogP contribution in [0, 0.1) is 0 Å². The lowest BCUT2D eigenvalue weighted by Gasteiger charge is -2.04. The molecule has 0 N–H and O–H groups in total. The number of cyclic esters (lactones) is 1. The summed E-state index contributed by atoms with van der Waals surface area (Å²) in [5, 5.41) is 4.04. The number of aliphatic imine (C=N–C) groups is 1. The SMILES string of the molecule is O=C1OC(c2ccc(OC(F)F)cc2)=N/C1=C/c1ccc(-n2cncn2)cc1. The largest absolute Gasteiger partial charge is 0.435 e. The van der Waals surface area contributed by atoms with Gasteiger partial charge >= 0.3 is 12.6 Å². The van der Waals surface area contributed by atoms with E-state index in [0.717, 1.165) is 11.3 Å². The Kier molecular flexibility index (Phi) is 4.63. The van der Waals surface area contributed by atoms with Gasteiger partial charge in [-0.1, -0.05) is 12.1 Å². The number of carbonyl (C=O) groups is 1. The number of halogens is 2. The van der Waals surface area contributed by atoms with Crippen LogP contribution < -0.4 is 4.74 Å². The second-order valence-corrected chi connectivity index (χ2v) is 5.67. The number of ether oxygens (including phenoxy) is 2. The fourth-order valence-electron chi connectivity index (χ4n) is 2.53. The molecule has 0 amide bonds. The zero-order valence-electron chi connectivity index (χ0n) is 14.2. The van der Waals surface area contributed by atoms with Gasteiger partial charge in [0.1, 0.15) is 18.4 Å². The summed E-state index contributed by atoms with van der Waals surface area (Å²) in [6.45, 7) is -2.90. The quantitative estimate of drug-likeness (QED) is 0.500. The van der Waals surface area contributed by atoms with Gasteiger partial charge in [-0.15, -0.1) is 0 Å². The molecule has 7 nitrogen and oxygen atoms in total. The number of carbonyl (C=O) groups excluding carboxylic acids is 1. The summed E-state index contributed by atoms with van der Waals surface area (Å²) in [5.74, 6) is -0.491. The number of hydrogen-bond acceptors (Lipinski definition) is 6. The number of nitrogens with zero attached hydrogens (tertiary/aromatic N) is 4. The van der Waals surface area contributed by atoms with Crippen molar-refractivity contribution >= 4 is 17.9 Å². The van der Waals surface area contributed by atoms with Crippen molar-refractivity contribution in [3.05, 3.63) is 78.0 Å². The topological polar surface area (TPSA) is 78.6 Å². The van der Waals surface area contributed by atoms with Crippen molar-refractivity contribution in [1.29, 1.82) is 0 Å². The Bertz CT molecular complexity index is 1040. The lowest BCUT2D eigenvalue weighted by atomic mass is 10.2. The molecule has 0 spiro atoms. The smallest absolute Gasteiger partial charge is 0.387 e. The molecule has 0 fully saturated rings. The average Bonchev–Trinajstić information content (AvgIpc) is 3.33. The molecule has 28 heavy (non-hydrogen) atoms. The molecule has 1 aliphatic heterocycles. The molecule has 140 valence electrons. The highest BCUT2D eigenvalue weighted by Crippen LogP contribution is 2.22. The third-order valence-electron chi connectivity index (χ3n) is 3.83. The molecule has 2 aromatic carbocycles. The van der Waals surface area contributed by atoms with Crippen LogP contribution in [0.4, 0.5) is 8.78 Å². The molecule has 0 radical (unpaired) electrons. The van der Waals surface area contributed by atoms with Crippen molar-refractivity contribution in [2.24, 2.45) is 4.99 Å². The van der Waals surface area contributed by atoms with E-state index < -0.39 is 12.6 Å². The lowest BCUT2D eigenvalue weighted by molar-refractivity contribution is -0.129. The number of aromatic nitrogens is 3. The van der Waals surface area contributed by atoms with Gasteiger partial charge in [0.05, 0.1) is 5.69 Å². The van der Waals surface area contributed by atoms with Crippen LogP contribution in [0.3, 0.4) is 0 Å². The Morgan fingerprint density at radius 1 is 1.07 bits per heavy atom. The van der Waals surface area contributed by atoms with Gasteiger partial charge in [0.25, 0.3) is 0 Å². The number of hydrogen-bond donors (Lipinski definition) is 0. The zero-order chi connectivity index (χ0) is 19.5. The van der Waals surface area contributed by atoms with Gasteiger partial charge in [-0.3, -0.25) is 0 Å². The van der Waals surface area contributed by atoms with Crippen molar-refractivity contribution in [2.45, 2.75) is 6.61 Å². The predicted octanol–water partition coefficient (Wildman–Crippen LogP) is 3.21. The molecule has 0 saturated carbocycles. The third kappa shape index (κ3) is 3.78. The van der Waals surface area contributed by atoms with Gasteiger partial charge in [0.15, 0.2) is 5.70 Å². The minimum atomic E-state index is -2.90. The van der Waals surface area contributed by atoms with Crippen LogP contribution in [0.25, 0.3) is 11.8 Å². The van der Waals surface area contributed by atoms with Crippen molar-refractivity contribution in [1.82, 2.24) is 14.8 Å². The summed E-state index contributed by atoms with van der Waals surface area (Å²) in [5.41, 5.74) is 2.18. The molecule has 3 aromatic rings. The van der Waals surface area contributed by atoms with Crippen molar-refractivity contribution in [3.63, 3.8) is 0 Å². The van der Waals surface area contributed by atoms with E-state index in [0.29, 0.717) is 5.56 Å². The predicted molar refractivity (Wildman–Crippen MR) is 95.0 cm³/mol. The van der Waals surface area contributed by atoms with E-state index in [2.05, 4.69) is 19.8 Å². The number of benzene rings is 2. The number of rotatable bonds is 5. The zero-order valence-corrected chi connectivity index (χ0v) is 14.2. The summed E-state index contributed by atoms with van der Waals surface area (Å²) in [7, 11) is 0. The fraction of sp³-hybridized carbons (Fsp3) is 0.0526. The number of esters is 1. The van der Waals surface area contributed by atoms with E-state index in [-0.39, 0.29) is 17.3 Å².